The van der Waals surface area contributed by atoms with Gasteiger partial charge in [0.2, 0.25) is 5.75 Å². The van der Waals surface area contributed by atoms with Gasteiger partial charge in [0.05, 0.1) is 0 Å². The number of hydrogen-bond acceptors (Lipinski definition) is 6. The molecule has 1 aliphatic rings. The first-order valence-electron chi connectivity index (χ1n) is 7.77. The Morgan fingerprint density at radius 2 is 2.04 bits per heavy atom. The van der Waals surface area contributed by atoms with Crippen LogP contribution in [0.1, 0.15) is 38.3 Å². The second-order valence-electron chi connectivity index (χ2n) is 5.74. The van der Waals surface area contributed by atoms with E-state index < -0.39 is 28.8 Å². The van der Waals surface area contributed by atoms with Crippen LogP contribution in [0.3, 0.4) is 0 Å². The van der Waals surface area contributed by atoms with Gasteiger partial charge in [-0.2, -0.15) is 0 Å². The van der Waals surface area contributed by atoms with Gasteiger partial charge in [0.15, 0.2) is 6.10 Å². The highest BCUT2D eigenvalue weighted by Crippen LogP contribution is 2.25. The van der Waals surface area contributed by atoms with E-state index in [2.05, 4.69) is 15.6 Å². The van der Waals surface area contributed by atoms with E-state index in [0.29, 0.717) is 5.69 Å². The fourth-order valence-electron chi connectivity index (χ4n) is 2.50. The van der Waals surface area contributed by atoms with Crippen molar-refractivity contribution in [2.75, 3.05) is 0 Å². The predicted molar refractivity (Wildman–Crippen MR) is 84.6 cm³/mol. The molecule has 24 heavy (non-hydrogen) atoms. The summed E-state index contributed by atoms with van der Waals surface area (Å²) in [5.74, 6) is -1.27. The van der Waals surface area contributed by atoms with E-state index >= 15 is 0 Å². The molecule has 0 aliphatic heterocycles. The van der Waals surface area contributed by atoms with Gasteiger partial charge in [-0.1, -0.05) is 12.8 Å². The fraction of sp³-hybridized carbons (Fsp3) is 0.533. The molecule has 1 heterocycles. The third-order valence-electron chi connectivity index (χ3n) is 3.75. The molecule has 1 aromatic heterocycles. The lowest BCUT2D eigenvalue weighted by atomic mass is 10.2. The standard InChI is InChI=1S/C15H20N4O5/c1-9-7-8-12(13(16-9)19(22)23)24-10(2)14(20)18-15(21)17-11-5-3-4-6-11/h7-8,10-11H,3-6H2,1-2H3,(H2,17,18,20,21)/t10-/m0/s1. The van der Waals surface area contributed by atoms with Gasteiger partial charge in [-0.3, -0.25) is 10.1 Å². The molecule has 9 heteroatoms. The van der Waals surface area contributed by atoms with Gasteiger partial charge in [0.1, 0.15) is 5.69 Å². The minimum absolute atomic E-state index is 0.0800. The van der Waals surface area contributed by atoms with Crippen LogP contribution in [-0.2, 0) is 4.79 Å². The van der Waals surface area contributed by atoms with Crippen molar-refractivity contribution in [3.05, 3.63) is 27.9 Å². The van der Waals surface area contributed by atoms with Crippen LogP contribution in [0, 0.1) is 17.0 Å². The maximum absolute atomic E-state index is 12.0. The molecule has 1 aliphatic carbocycles. The summed E-state index contributed by atoms with van der Waals surface area (Å²) in [6, 6.07) is 2.41. The van der Waals surface area contributed by atoms with Crippen molar-refractivity contribution in [2.45, 2.75) is 51.7 Å². The number of ether oxygens (including phenoxy) is 1. The van der Waals surface area contributed by atoms with Crippen LogP contribution in [0.5, 0.6) is 5.75 Å². The van der Waals surface area contributed by atoms with Crippen LogP contribution in [0.4, 0.5) is 10.6 Å². The van der Waals surface area contributed by atoms with Crippen LogP contribution >= 0.6 is 0 Å². The quantitative estimate of drug-likeness (QED) is 0.624. The molecule has 1 fully saturated rings. The second kappa shape index (κ2) is 7.71. The lowest BCUT2D eigenvalue weighted by molar-refractivity contribution is -0.390. The Hall–Kier alpha value is -2.71. The summed E-state index contributed by atoms with van der Waals surface area (Å²) in [5, 5.41) is 15.9. The van der Waals surface area contributed by atoms with Crippen molar-refractivity contribution < 1.29 is 19.2 Å². The van der Waals surface area contributed by atoms with E-state index in [4.69, 9.17) is 4.74 Å². The average molecular weight is 336 g/mol. The number of carbonyl (C=O) groups is 2. The Kier molecular flexibility index (Phi) is 5.67. The molecule has 9 nitrogen and oxygen atoms in total. The second-order valence-corrected chi connectivity index (χ2v) is 5.74. The molecule has 2 rings (SSSR count). The number of pyridine rings is 1. The normalized spacial score (nSPS) is 15.6. The van der Waals surface area contributed by atoms with Gasteiger partial charge in [0.25, 0.3) is 5.91 Å². The fourth-order valence-corrected chi connectivity index (χ4v) is 2.50. The number of aryl methyl sites for hydroxylation is 1. The maximum Gasteiger partial charge on any atom is 0.406 e. The molecule has 0 unspecified atom stereocenters. The molecule has 1 aromatic rings. The minimum atomic E-state index is -1.08. The van der Waals surface area contributed by atoms with Crippen LogP contribution in [-0.4, -0.2) is 34.0 Å². The molecule has 2 N–H and O–H groups in total. The molecule has 0 bridgehead atoms. The van der Waals surface area contributed by atoms with Crippen molar-refractivity contribution in [2.24, 2.45) is 0 Å². The Bertz CT molecular complexity index is 643. The van der Waals surface area contributed by atoms with Gasteiger partial charge in [-0.15, -0.1) is 0 Å². The van der Waals surface area contributed by atoms with Gasteiger partial charge in [0, 0.05) is 13.0 Å². The van der Waals surface area contributed by atoms with Crippen molar-refractivity contribution in [3.8, 4) is 5.75 Å². The highest BCUT2D eigenvalue weighted by molar-refractivity contribution is 5.96. The highest BCUT2D eigenvalue weighted by Gasteiger charge is 2.25. The van der Waals surface area contributed by atoms with Gasteiger partial charge in [-0.05, 0) is 41.8 Å². The first-order valence-corrected chi connectivity index (χ1v) is 7.77. The number of nitro groups is 1. The molecule has 1 saturated carbocycles. The third-order valence-corrected chi connectivity index (χ3v) is 3.75. The molecular formula is C15H20N4O5. The van der Waals surface area contributed by atoms with Gasteiger partial charge in [-0.25, -0.2) is 4.79 Å². The summed E-state index contributed by atoms with van der Waals surface area (Å²) in [6.07, 6.45) is 2.83. The summed E-state index contributed by atoms with van der Waals surface area (Å²) in [7, 11) is 0. The lowest BCUT2D eigenvalue weighted by Crippen LogP contribution is -2.47. The first-order chi connectivity index (χ1) is 11.4. The Balaban J connectivity index is 1.93. The van der Waals surface area contributed by atoms with E-state index in [1.165, 1.54) is 13.0 Å². The predicted octanol–water partition coefficient (Wildman–Crippen LogP) is 1.83. The highest BCUT2D eigenvalue weighted by atomic mass is 16.6. The van der Waals surface area contributed by atoms with E-state index in [0.717, 1.165) is 25.7 Å². The van der Waals surface area contributed by atoms with Crippen LogP contribution in [0.25, 0.3) is 0 Å². The zero-order valence-corrected chi connectivity index (χ0v) is 13.6. The monoisotopic (exact) mass is 336 g/mol. The number of imide groups is 1. The molecule has 1 atom stereocenters. The summed E-state index contributed by atoms with van der Waals surface area (Å²) >= 11 is 0. The molecule has 0 saturated heterocycles. The van der Waals surface area contributed by atoms with Crippen LogP contribution in [0.2, 0.25) is 0 Å². The summed E-state index contributed by atoms with van der Waals surface area (Å²) in [4.78, 5) is 37.9. The number of amides is 3. The molecule has 130 valence electrons. The summed E-state index contributed by atoms with van der Waals surface area (Å²) in [5.41, 5.74) is 0.460. The van der Waals surface area contributed by atoms with Gasteiger partial charge >= 0.3 is 11.8 Å². The van der Waals surface area contributed by atoms with E-state index in [1.807, 2.05) is 0 Å². The van der Waals surface area contributed by atoms with Crippen molar-refractivity contribution in [1.29, 1.82) is 0 Å². The number of nitrogens with one attached hydrogen (secondary N) is 2. The van der Waals surface area contributed by atoms with E-state index in [-0.39, 0.29) is 11.8 Å². The third kappa shape index (κ3) is 4.64. The largest absolute Gasteiger partial charge is 0.473 e. The lowest BCUT2D eigenvalue weighted by Gasteiger charge is -2.16. The van der Waals surface area contributed by atoms with Crippen molar-refractivity contribution in [1.82, 2.24) is 15.6 Å². The molecule has 3 amide bonds. The topological polar surface area (TPSA) is 123 Å². The number of nitrogens with zero attached hydrogens (tertiary/aromatic N) is 2. The zero-order chi connectivity index (χ0) is 17.7. The SMILES string of the molecule is Cc1ccc(O[C@@H](C)C(=O)NC(=O)NC2CCCC2)c([N+](=O)[O-])n1. The molecular weight excluding hydrogens is 316 g/mol. The molecule has 0 aromatic carbocycles. The number of aromatic nitrogens is 1. The Labute approximate surface area is 138 Å². The van der Waals surface area contributed by atoms with Crippen molar-refractivity contribution in [3.63, 3.8) is 0 Å². The summed E-state index contributed by atoms with van der Waals surface area (Å²) in [6.45, 7) is 3.02. The average Bonchev–Trinajstić information content (AvgIpc) is 3.01. The zero-order valence-electron chi connectivity index (χ0n) is 13.6. The van der Waals surface area contributed by atoms with Gasteiger partial charge < -0.3 is 20.2 Å². The van der Waals surface area contributed by atoms with Crippen LogP contribution in [0.15, 0.2) is 12.1 Å². The molecule has 0 spiro atoms. The molecule has 0 radical (unpaired) electrons. The number of urea groups is 1. The minimum Gasteiger partial charge on any atom is -0.473 e. The van der Waals surface area contributed by atoms with Crippen LogP contribution < -0.4 is 15.4 Å². The van der Waals surface area contributed by atoms with E-state index in [1.54, 1.807) is 13.0 Å². The Morgan fingerprint density at radius 1 is 1.38 bits per heavy atom. The Morgan fingerprint density at radius 3 is 2.67 bits per heavy atom. The smallest absolute Gasteiger partial charge is 0.406 e. The maximum atomic E-state index is 12.0. The van der Waals surface area contributed by atoms with E-state index in [9.17, 15) is 19.7 Å². The first kappa shape index (κ1) is 17.6. The number of carbonyl (C=O) groups excluding carboxylic acids is 2. The number of rotatable bonds is 5. The van der Waals surface area contributed by atoms with Crippen molar-refractivity contribution >= 4 is 17.8 Å². The number of hydrogen-bond donors (Lipinski definition) is 2. The summed E-state index contributed by atoms with van der Waals surface area (Å²) < 4.78 is 5.30.